The van der Waals surface area contributed by atoms with E-state index in [1.165, 1.54) is 77.0 Å². The topological polar surface area (TPSA) is 40.5 Å². The minimum absolute atomic E-state index is 0.0938. The van der Waals surface area contributed by atoms with Crippen LogP contribution in [0.2, 0.25) is 0 Å². The zero-order valence-electron chi connectivity index (χ0n) is 21.5. The molecule has 2 heterocycles. The third-order valence-corrected chi connectivity index (χ3v) is 10.6. The van der Waals surface area contributed by atoms with Crippen LogP contribution in [-0.2, 0) is 0 Å². The van der Waals surface area contributed by atoms with Crippen molar-refractivity contribution in [2.45, 2.75) is 139 Å². The van der Waals surface area contributed by atoms with Crippen LogP contribution in [0.5, 0.6) is 0 Å². The summed E-state index contributed by atoms with van der Waals surface area (Å²) in [5.41, 5.74) is 0.188. The number of unbranched alkanes of at least 4 members (excludes halogenated alkanes) is 2. The maximum atomic E-state index is 9.43. The van der Waals surface area contributed by atoms with Gasteiger partial charge in [0.2, 0.25) is 0 Å². The Kier molecular flexibility index (Phi) is 13.1. The van der Waals surface area contributed by atoms with Gasteiger partial charge in [0.05, 0.1) is 0 Å². The average molecular weight is 485 g/mol. The molecule has 0 spiro atoms. The Morgan fingerprint density at radius 1 is 0.656 bits per heavy atom. The molecule has 2 aliphatic heterocycles. The van der Waals surface area contributed by atoms with Crippen molar-refractivity contribution in [3.63, 3.8) is 0 Å². The van der Waals surface area contributed by atoms with Crippen molar-refractivity contribution >= 4 is 23.5 Å². The molecule has 0 aromatic carbocycles. The fourth-order valence-electron chi connectivity index (χ4n) is 4.92. The standard InChI is InChI=1S/C28H52O2S2/c1-27(2,21-29)19-7-5-11-23-13-9-15-25(31-23)17-18-26-16-10-14-24(32-26)12-6-8-20-28(3,4)22-30/h17-18,23-26,29-30H,5-16,19-22H2,1-4H3. The van der Waals surface area contributed by atoms with Gasteiger partial charge in [-0.3, -0.25) is 0 Å². The first-order valence-corrected chi connectivity index (χ1v) is 15.3. The van der Waals surface area contributed by atoms with Gasteiger partial charge in [0.15, 0.2) is 0 Å². The van der Waals surface area contributed by atoms with Crippen LogP contribution in [-0.4, -0.2) is 44.4 Å². The molecular formula is C28H52O2S2. The Hall–Kier alpha value is 0.360. The highest BCUT2D eigenvalue weighted by atomic mass is 32.2. The van der Waals surface area contributed by atoms with Crippen LogP contribution in [0.3, 0.4) is 0 Å². The molecule has 4 unspecified atom stereocenters. The van der Waals surface area contributed by atoms with Gasteiger partial charge >= 0.3 is 0 Å². The molecule has 188 valence electrons. The first-order valence-electron chi connectivity index (χ1n) is 13.4. The number of thioether (sulfide) groups is 2. The van der Waals surface area contributed by atoms with Gasteiger partial charge in [-0.05, 0) is 62.2 Å². The van der Waals surface area contributed by atoms with E-state index in [0.717, 1.165) is 33.8 Å². The normalized spacial score (nSPS) is 27.8. The molecule has 4 heteroatoms. The van der Waals surface area contributed by atoms with Crippen molar-refractivity contribution in [1.82, 2.24) is 0 Å². The third-order valence-electron chi connectivity index (χ3n) is 7.42. The second-order valence-corrected chi connectivity index (χ2v) is 15.1. The summed E-state index contributed by atoms with van der Waals surface area (Å²) >= 11 is 4.48. The number of aliphatic hydroxyl groups is 2. The predicted octanol–water partition coefficient (Wildman–Crippen LogP) is 8.01. The van der Waals surface area contributed by atoms with Crippen molar-refractivity contribution in [2.75, 3.05) is 13.2 Å². The van der Waals surface area contributed by atoms with Gasteiger partial charge in [-0.2, -0.15) is 23.5 Å². The van der Waals surface area contributed by atoms with Gasteiger partial charge in [0, 0.05) is 34.2 Å². The molecule has 2 nitrogen and oxygen atoms in total. The third kappa shape index (κ3) is 11.7. The Morgan fingerprint density at radius 2 is 1.06 bits per heavy atom. The van der Waals surface area contributed by atoms with Crippen LogP contribution in [0.15, 0.2) is 12.2 Å². The van der Waals surface area contributed by atoms with E-state index in [9.17, 15) is 10.2 Å². The minimum Gasteiger partial charge on any atom is -0.396 e. The summed E-state index contributed by atoms with van der Waals surface area (Å²) in [7, 11) is 0. The minimum atomic E-state index is 0.0938. The fourth-order valence-corrected chi connectivity index (χ4v) is 8.09. The molecule has 2 saturated heterocycles. The predicted molar refractivity (Wildman–Crippen MR) is 146 cm³/mol. The summed E-state index contributed by atoms with van der Waals surface area (Å²) in [6, 6.07) is 0. The highest BCUT2D eigenvalue weighted by Gasteiger charge is 2.24. The Morgan fingerprint density at radius 3 is 1.44 bits per heavy atom. The van der Waals surface area contributed by atoms with Crippen molar-refractivity contribution < 1.29 is 10.2 Å². The highest BCUT2D eigenvalue weighted by molar-refractivity contribution is 8.01. The first-order chi connectivity index (χ1) is 15.2. The summed E-state index contributed by atoms with van der Waals surface area (Å²) < 4.78 is 0. The monoisotopic (exact) mass is 484 g/mol. The summed E-state index contributed by atoms with van der Waals surface area (Å²) in [5.74, 6) is 0. The SMILES string of the molecule is CC(C)(CO)CCCCC1CCCC(C=CC2CCCC(CCCCC(C)(C)CO)S2)S1. The molecule has 0 bridgehead atoms. The number of hydrogen-bond donors (Lipinski definition) is 2. The molecule has 2 rings (SSSR count). The Bertz CT molecular complexity index is 486. The summed E-state index contributed by atoms with van der Waals surface area (Å²) in [6.45, 7) is 9.31. The Balaban J connectivity index is 1.65. The van der Waals surface area contributed by atoms with Crippen LogP contribution in [0.4, 0.5) is 0 Å². The molecule has 32 heavy (non-hydrogen) atoms. The summed E-state index contributed by atoms with van der Waals surface area (Å²) in [5, 5.41) is 22.0. The largest absolute Gasteiger partial charge is 0.396 e. The second-order valence-electron chi connectivity index (χ2n) is 12.0. The quantitative estimate of drug-likeness (QED) is 0.193. The number of aliphatic hydroxyl groups excluding tert-OH is 2. The molecule has 0 radical (unpaired) electrons. The maximum absolute atomic E-state index is 9.43. The van der Waals surface area contributed by atoms with E-state index in [-0.39, 0.29) is 10.8 Å². The van der Waals surface area contributed by atoms with E-state index in [1.54, 1.807) is 0 Å². The van der Waals surface area contributed by atoms with Crippen molar-refractivity contribution in [2.24, 2.45) is 10.8 Å². The molecule has 0 aromatic rings. The van der Waals surface area contributed by atoms with Crippen LogP contribution >= 0.6 is 23.5 Å². The molecule has 0 saturated carbocycles. The van der Waals surface area contributed by atoms with Gasteiger partial charge < -0.3 is 10.2 Å². The van der Waals surface area contributed by atoms with E-state index in [2.05, 4.69) is 63.4 Å². The van der Waals surface area contributed by atoms with E-state index in [0.29, 0.717) is 13.2 Å². The summed E-state index contributed by atoms with van der Waals surface area (Å²) in [4.78, 5) is 0. The lowest BCUT2D eigenvalue weighted by Gasteiger charge is -2.30. The molecule has 4 atom stereocenters. The lowest BCUT2D eigenvalue weighted by Crippen LogP contribution is -2.19. The van der Waals surface area contributed by atoms with Crippen LogP contribution in [0, 0.1) is 10.8 Å². The number of rotatable bonds is 14. The van der Waals surface area contributed by atoms with Crippen molar-refractivity contribution in [3.8, 4) is 0 Å². The second kappa shape index (κ2) is 14.7. The van der Waals surface area contributed by atoms with E-state index < -0.39 is 0 Å². The van der Waals surface area contributed by atoms with Crippen molar-refractivity contribution in [3.05, 3.63) is 12.2 Å². The van der Waals surface area contributed by atoms with Gasteiger partial charge in [-0.1, -0.05) is 78.4 Å². The van der Waals surface area contributed by atoms with E-state index >= 15 is 0 Å². The molecule has 2 aliphatic rings. The maximum Gasteiger partial charge on any atom is 0.0482 e. The smallest absolute Gasteiger partial charge is 0.0482 e. The highest BCUT2D eigenvalue weighted by Crippen LogP contribution is 2.39. The zero-order valence-corrected chi connectivity index (χ0v) is 23.1. The molecule has 0 aliphatic carbocycles. The van der Waals surface area contributed by atoms with Gasteiger partial charge in [0.25, 0.3) is 0 Å². The molecular weight excluding hydrogens is 432 g/mol. The zero-order chi connectivity index (χ0) is 23.5. The summed E-state index contributed by atoms with van der Waals surface area (Å²) in [6.07, 6.45) is 23.5. The van der Waals surface area contributed by atoms with Crippen LogP contribution < -0.4 is 0 Å². The number of hydrogen-bond acceptors (Lipinski definition) is 4. The molecule has 2 fully saturated rings. The van der Waals surface area contributed by atoms with E-state index in [4.69, 9.17) is 0 Å². The molecule has 0 amide bonds. The van der Waals surface area contributed by atoms with Crippen LogP contribution in [0.1, 0.15) is 118 Å². The van der Waals surface area contributed by atoms with Gasteiger partial charge in [0.1, 0.15) is 0 Å². The van der Waals surface area contributed by atoms with Gasteiger partial charge in [-0.25, -0.2) is 0 Å². The fraction of sp³-hybridized carbons (Fsp3) is 0.929. The lowest BCUT2D eigenvalue weighted by molar-refractivity contribution is 0.147. The van der Waals surface area contributed by atoms with Gasteiger partial charge in [-0.15, -0.1) is 0 Å². The lowest BCUT2D eigenvalue weighted by atomic mass is 9.88. The Labute approximate surface area is 208 Å². The van der Waals surface area contributed by atoms with E-state index in [1.807, 2.05) is 0 Å². The molecule has 2 N–H and O–H groups in total. The first kappa shape index (κ1) is 28.6. The average Bonchev–Trinajstić information content (AvgIpc) is 2.79. The molecule has 0 aromatic heterocycles. The van der Waals surface area contributed by atoms with Crippen molar-refractivity contribution in [1.29, 1.82) is 0 Å². The van der Waals surface area contributed by atoms with Crippen LogP contribution in [0.25, 0.3) is 0 Å².